The second-order valence-electron chi connectivity index (χ2n) is 8.37. The highest BCUT2D eigenvalue weighted by Gasteiger charge is 2.47. The molecule has 3 N–H and O–H groups in total. The van der Waals surface area contributed by atoms with Crippen molar-refractivity contribution in [3.63, 3.8) is 0 Å². The second-order valence-corrected chi connectivity index (χ2v) is 8.81. The van der Waals surface area contributed by atoms with Crippen LogP contribution in [0.5, 0.6) is 0 Å². The van der Waals surface area contributed by atoms with Crippen LogP contribution < -0.4 is 16.0 Å². The van der Waals surface area contributed by atoms with Gasteiger partial charge in [0.2, 0.25) is 0 Å². The molecular weight excluding hydrogens is 419 g/mol. The van der Waals surface area contributed by atoms with Crippen LogP contribution >= 0.6 is 11.6 Å². The number of pyridine rings is 1. The molecule has 0 bridgehead atoms. The number of anilines is 3. The zero-order chi connectivity index (χ0) is 21.4. The van der Waals surface area contributed by atoms with Gasteiger partial charge in [0.15, 0.2) is 5.82 Å². The first-order valence-corrected chi connectivity index (χ1v) is 11.0. The minimum Gasteiger partial charge on any atom is -0.368 e. The number of carbonyl (C=O) groups excluding carboxylic acids is 1. The van der Waals surface area contributed by atoms with Crippen LogP contribution in [0, 0.1) is 5.82 Å². The molecule has 2 fully saturated rings. The number of likely N-dealkylation sites (tertiary alicyclic amines) is 1. The molecule has 9 heteroatoms. The van der Waals surface area contributed by atoms with E-state index >= 15 is 0 Å². The number of nitrogens with one attached hydrogen (secondary N) is 3. The minimum atomic E-state index is -0.560. The summed E-state index contributed by atoms with van der Waals surface area (Å²) in [6, 6.07) is 7.99. The maximum Gasteiger partial charge on any atom is 0.322 e. The third-order valence-electron chi connectivity index (χ3n) is 6.24. The number of amides is 2. The molecule has 1 saturated carbocycles. The molecule has 2 aromatic rings. The summed E-state index contributed by atoms with van der Waals surface area (Å²) in [6.07, 6.45) is 6.98. The lowest BCUT2D eigenvalue weighted by Crippen LogP contribution is -2.55. The van der Waals surface area contributed by atoms with Crippen molar-refractivity contribution >= 4 is 40.7 Å². The van der Waals surface area contributed by atoms with Crippen LogP contribution in [0.4, 0.5) is 26.4 Å². The van der Waals surface area contributed by atoms with Crippen molar-refractivity contribution in [2.24, 2.45) is 4.99 Å². The summed E-state index contributed by atoms with van der Waals surface area (Å²) < 4.78 is 14.1. The third kappa shape index (κ3) is 3.92. The van der Waals surface area contributed by atoms with Gasteiger partial charge in [0, 0.05) is 17.8 Å². The van der Waals surface area contributed by atoms with Crippen LogP contribution in [0.25, 0.3) is 0 Å². The second kappa shape index (κ2) is 8.00. The molecule has 5 rings (SSSR count). The van der Waals surface area contributed by atoms with Crippen molar-refractivity contribution in [2.75, 3.05) is 29.0 Å². The molecule has 1 aliphatic carbocycles. The lowest BCUT2D eigenvalue weighted by Gasteiger charge is -2.38. The first-order valence-electron chi connectivity index (χ1n) is 10.6. The fraction of sp³-hybridized carbons (Fsp3) is 0.409. The first-order chi connectivity index (χ1) is 15.0. The number of amidine groups is 1. The van der Waals surface area contributed by atoms with Gasteiger partial charge in [0.1, 0.15) is 17.2 Å². The van der Waals surface area contributed by atoms with E-state index in [1.54, 1.807) is 17.2 Å². The van der Waals surface area contributed by atoms with Gasteiger partial charge in [0.25, 0.3) is 0 Å². The lowest BCUT2D eigenvalue weighted by atomic mass is 9.93. The summed E-state index contributed by atoms with van der Waals surface area (Å²) >= 11 is 5.81. The van der Waals surface area contributed by atoms with Gasteiger partial charge < -0.3 is 20.9 Å². The van der Waals surface area contributed by atoms with Gasteiger partial charge in [-0.1, -0.05) is 24.4 Å². The van der Waals surface area contributed by atoms with E-state index in [2.05, 4.69) is 20.9 Å². The quantitative estimate of drug-likeness (QED) is 0.628. The molecule has 3 heterocycles. The highest BCUT2D eigenvalue weighted by atomic mass is 35.5. The largest absolute Gasteiger partial charge is 0.368 e. The van der Waals surface area contributed by atoms with E-state index in [-0.39, 0.29) is 22.8 Å². The first kappa shape index (κ1) is 20.1. The number of carbonyl (C=O) groups is 1. The van der Waals surface area contributed by atoms with E-state index in [4.69, 9.17) is 16.6 Å². The summed E-state index contributed by atoms with van der Waals surface area (Å²) in [7, 11) is 0. The Morgan fingerprint density at radius 1 is 1.32 bits per heavy atom. The molecule has 1 atom stereocenters. The SMILES string of the molecule is O=C(Nc1ccc(Cl)cc1F)N1CC[C@]2(C1)Nc1cccnc1NC2=NC1CCCC1. The molecule has 162 valence electrons. The van der Waals surface area contributed by atoms with Crippen LogP contribution in [-0.2, 0) is 0 Å². The van der Waals surface area contributed by atoms with Gasteiger partial charge in [0.05, 0.1) is 24.0 Å². The molecule has 0 radical (unpaired) electrons. The van der Waals surface area contributed by atoms with Gasteiger partial charge in [-0.25, -0.2) is 14.2 Å². The average Bonchev–Trinajstić information content (AvgIpc) is 3.41. The Balaban J connectivity index is 1.39. The average molecular weight is 443 g/mol. The van der Waals surface area contributed by atoms with Crippen LogP contribution in [0.3, 0.4) is 0 Å². The molecule has 1 aromatic heterocycles. The van der Waals surface area contributed by atoms with Crippen molar-refractivity contribution in [3.05, 3.63) is 47.4 Å². The Morgan fingerprint density at radius 2 is 2.16 bits per heavy atom. The number of aromatic nitrogens is 1. The molecule has 1 aromatic carbocycles. The normalized spacial score (nSPS) is 24.2. The number of hydrogen-bond acceptors (Lipinski definition) is 4. The molecule has 31 heavy (non-hydrogen) atoms. The summed E-state index contributed by atoms with van der Waals surface area (Å²) in [5, 5.41) is 9.97. The highest BCUT2D eigenvalue weighted by Crippen LogP contribution is 2.36. The Kier molecular flexibility index (Phi) is 5.17. The standard InChI is InChI=1S/C22H24ClFN6O/c23-14-7-8-17(16(24)12-14)27-21(31)30-11-9-22(13-30)20(26-15-4-1-2-5-15)28-19-18(29-22)6-3-10-25-19/h3,6-8,10,12,15,29H,1-2,4-5,9,11,13H2,(H,27,31)(H,25,26,28)/t22-/m1/s1. The fourth-order valence-electron chi connectivity index (χ4n) is 4.59. The summed E-state index contributed by atoms with van der Waals surface area (Å²) in [5.74, 6) is 1.02. The number of benzene rings is 1. The van der Waals surface area contributed by atoms with Gasteiger partial charge in [-0.3, -0.25) is 4.99 Å². The van der Waals surface area contributed by atoms with Crippen LogP contribution in [-0.4, -0.2) is 46.4 Å². The summed E-state index contributed by atoms with van der Waals surface area (Å²) in [6.45, 7) is 0.940. The van der Waals surface area contributed by atoms with Crippen LogP contribution in [0.1, 0.15) is 32.1 Å². The zero-order valence-electron chi connectivity index (χ0n) is 17.0. The third-order valence-corrected chi connectivity index (χ3v) is 6.47. The fourth-order valence-corrected chi connectivity index (χ4v) is 4.75. The Hall–Kier alpha value is -2.87. The molecule has 1 spiro atoms. The smallest absolute Gasteiger partial charge is 0.322 e. The van der Waals surface area contributed by atoms with Gasteiger partial charge in [-0.2, -0.15) is 0 Å². The van der Waals surface area contributed by atoms with Gasteiger partial charge >= 0.3 is 6.03 Å². The monoisotopic (exact) mass is 442 g/mol. The number of fused-ring (bicyclic) bond motifs is 1. The van der Waals surface area contributed by atoms with Crippen molar-refractivity contribution in [1.82, 2.24) is 9.88 Å². The topological polar surface area (TPSA) is 81.7 Å². The van der Waals surface area contributed by atoms with Crippen molar-refractivity contribution < 1.29 is 9.18 Å². The molecule has 1 saturated heterocycles. The molecule has 0 unspecified atom stereocenters. The van der Waals surface area contributed by atoms with Gasteiger partial charge in [-0.15, -0.1) is 0 Å². The summed E-state index contributed by atoms with van der Waals surface area (Å²) in [4.78, 5) is 24.0. The number of hydrogen-bond donors (Lipinski definition) is 3. The van der Waals surface area contributed by atoms with Crippen LogP contribution in [0.2, 0.25) is 5.02 Å². The molecule has 3 aliphatic rings. The summed E-state index contributed by atoms with van der Waals surface area (Å²) in [5.41, 5.74) is 0.479. The Morgan fingerprint density at radius 3 is 2.97 bits per heavy atom. The number of aliphatic imine (C=N–C) groups is 1. The van der Waals surface area contributed by atoms with E-state index in [0.717, 1.165) is 30.2 Å². The highest BCUT2D eigenvalue weighted by molar-refractivity contribution is 6.30. The maximum atomic E-state index is 14.1. The van der Waals surface area contributed by atoms with E-state index in [1.807, 2.05) is 12.1 Å². The number of halogens is 2. The number of rotatable bonds is 2. The minimum absolute atomic E-state index is 0.111. The Labute approximate surface area is 185 Å². The van der Waals surface area contributed by atoms with Crippen LogP contribution in [0.15, 0.2) is 41.5 Å². The molecule has 7 nitrogen and oxygen atoms in total. The van der Waals surface area contributed by atoms with Crippen molar-refractivity contribution in [3.8, 4) is 0 Å². The van der Waals surface area contributed by atoms with E-state index in [9.17, 15) is 9.18 Å². The predicted molar refractivity (Wildman–Crippen MR) is 121 cm³/mol. The Bertz CT molecular complexity index is 1040. The maximum absolute atomic E-state index is 14.1. The van der Waals surface area contributed by atoms with Crippen molar-refractivity contribution in [1.29, 1.82) is 0 Å². The lowest BCUT2D eigenvalue weighted by molar-refractivity contribution is 0.221. The number of urea groups is 1. The van der Waals surface area contributed by atoms with E-state index in [0.29, 0.717) is 19.5 Å². The number of nitrogens with zero attached hydrogens (tertiary/aromatic N) is 3. The molecule has 2 amide bonds. The van der Waals surface area contributed by atoms with Crippen molar-refractivity contribution in [2.45, 2.75) is 43.7 Å². The zero-order valence-corrected chi connectivity index (χ0v) is 17.8. The molecule has 2 aliphatic heterocycles. The predicted octanol–water partition coefficient (Wildman–Crippen LogP) is 4.73. The van der Waals surface area contributed by atoms with Gasteiger partial charge in [-0.05, 0) is 49.6 Å². The molecular formula is C22H24ClFN6O. The van der Waals surface area contributed by atoms with E-state index < -0.39 is 11.4 Å². The van der Waals surface area contributed by atoms with E-state index in [1.165, 1.54) is 25.0 Å².